The van der Waals surface area contributed by atoms with Crippen LogP contribution >= 0.6 is 0 Å². The molecule has 2 saturated heterocycles. The van der Waals surface area contributed by atoms with Crippen molar-refractivity contribution in [1.29, 1.82) is 0 Å². The fourth-order valence-corrected chi connectivity index (χ4v) is 4.30. The first-order chi connectivity index (χ1) is 14.6. The predicted octanol–water partition coefficient (Wildman–Crippen LogP) is 3.65. The van der Waals surface area contributed by atoms with Gasteiger partial charge < -0.3 is 14.8 Å². The van der Waals surface area contributed by atoms with Crippen molar-refractivity contribution in [3.63, 3.8) is 0 Å². The van der Waals surface area contributed by atoms with Crippen LogP contribution in [0.15, 0.2) is 30.3 Å². The fourth-order valence-electron chi connectivity index (χ4n) is 4.30. The summed E-state index contributed by atoms with van der Waals surface area (Å²) in [5.41, 5.74) is 5.00. The van der Waals surface area contributed by atoms with Crippen molar-refractivity contribution in [1.82, 2.24) is 10.2 Å². The quantitative estimate of drug-likeness (QED) is 0.726. The van der Waals surface area contributed by atoms with E-state index in [0.717, 1.165) is 36.4 Å². The van der Waals surface area contributed by atoms with E-state index in [1.165, 1.54) is 42.6 Å². The van der Waals surface area contributed by atoms with Crippen LogP contribution in [0.2, 0.25) is 0 Å². The van der Waals surface area contributed by atoms with E-state index < -0.39 is 0 Å². The van der Waals surface area contributed by atoms with Gasteiger partial charge in [0.15, 0.2) is 0 Å². The second-order valence-corrected chi connectivity index (χ2v) is 8.42. The van der Waals surface area contributed by atoms with Crippen molar-refractivity contribution in [3.05, 3.63) is 58.7 Å². The molecule has 5 heteroatoms. The van der Waals surface area contributed by atoms with Crippen molar-refractivity contribution in [2.24, 2.45) is 0 Å². The Morgan fingerprint density at radius 3 is 2.77 bits per heavy atom. The Bertz CT molecular complexity index is 890. The Balaban J connectivity index is 1.46. The highest BCUT2D eigenvalue weighted by Crippen LogP contribution is 2.28. The highest BCUT2D eigenvalue weighted by atomic mass is 16.5. The van der Waals surface area contributed by atoms with Gasteiger partial charge in [-0.05, 0) is 68.1 Å². The predicted molar refractivity (Wildman–Crippen MR) is 117 cm³/mol. The first kappa shape index (κ1) is 20.7. The molecule has 30 heavy (non-hydrogen) atoms. The molecule has 1 radical (unpaired) electrons. The zero-order valence-electron chi connectivity index (χ0n) is 18.0. The Hall–Kier alpha value is -2.53. The molecule has 2 heterocycles. The number of benzene rings is 2. The molecule has 1 amide bonds. The maximum Gasteiger partial charge on any atom is 0.220 e. The molecule has 0 spiro atoms. The van der Waals surface area contributed by atoms with E-state index in [9.17, 15) is 4.79 Å². The van der Waals surface area contributed by atoms with E-state index in [2.05, 4.69) is 41.4 Å². The number of amides is 1. The van der Waals surface area contributed by atoms with Gasteiger partial charge in [0.25, 0.3) is 0 Å². The number of hydrogen-bond acceptors (Lipinski definition) is 4. The number of nitrogens with zero attached hydrogens (tertiary/aromatic N) is 1. The number of hydrogen-bond donors (Lipinski definition) is 1. The Labute approximate surface area is 179 Å². The SMILES string of the molecule is COc1c[c]c(Cc2ccc(CN3CCCC3)c(C)c2)c(OCC2CCC(=O)N2)c1. The van der Waals surface area contributed by atoms with E-state index in [1.807, 2.05) is 12.1 Å². The van der Waals surface area contributed by atoms with E-state index in [0.29, 0.717) is 13.0 Å². The third kappa shape index (κ3) is 5.14. The molecule has 0 aliphatic carbocycles. The number of aryl methyl sites for hydroxylation is 1. The van der Waals surface area contributed by atoms with Crippen LogP contribution in [-0.4, -0.2) is 43.7 Å². The van der Waals surface area contributed by atoms with Crippen LogP contribution in [0.4, 0.5) is 0 Å². The van der Waals surface area contributed by atoms with E-state index in [-0.39, 0.29) is 11.9 Å². The third-order valence-electron chi connectivity index (χ3n) is 6.10. The Kier molecular flexibility index (Phi) is 6.58. The summed E-state index contributed by atoms with van der Waals surface area (Å²) in [5.74, 6) is 1.60. The van der Waals surface area contributed by atoms with Crippen LogP contribution in [0.5, 0.6) is 11.5 Å². The lowest BCUT2D eigenvalue weighted by Gasteiger charge is -2.18. The van der Waals surface area contributed by atoms with Gasteiger partial charge in [0.2, 0.25) is 5.91 Å². The van der Waals surface area contributed by atoms with Crippen LogP contribution in [0.1, 0.15) is 47.9 Å². The fraction of sp³-hybridized carbons (Fsp3) is 0.480. The first-order valence-electron chi connectivity index (χ1n) is 10.9. The number of likely N-dealkylation sites (tertiary alicyclic amines) is 1. The zero-order valence-corrected chi connectivity index (χ0v) is 18.0. The second kappa shape index (κ2) is 9.52. The monoisotopic (exact) mass is 407 g/mol. The minimum absolute atomic E-state index is 0.0728. The van der Waals surface area contributed by atoms with Crippen LogP contribution in [0.3, 0.4) is 0 Å². The first-order valence-corrected chi connectivity index (χ1v) is 10.9. The zero-order chi connectivity index (χ0) is 20.9. The second-order valence-electron chi connectivity index (χ2n) is 8.42. The maximum absolute atomic E-state index is 11.4. The van der Waals surface area contributed by atoms with Gasteiger partial charge in [0.05, 0.1) is 13.2 Å². The summed E-state index contributed by atoms with van der Waals surface area (Å²) >= 11 is 0. The topological polar surface area (TPSA) is 50.8 Å². The molecule has 1 N–H and O–H groups in total. The van der Waals surface area contributed by atoms with Crippen molar-refractivity contribution in [3.8, 4) is 11.5 Å². The maximum atomic E-state index is 11.4. The molecule has 4 rings (SSSR count). The number of nitrogens with one attached hydrogen (secondary N) is 1. The van der Waals surface area contributed by atoms with Gasteiger partial charge in [-0.25, -0.2) is 0 Å². The molecular formula is C25H31N2O3. The number of rotatable bonds is 8. The van der Waals surface area contributed by atoms with E-state index in [1.54, 1.807) is 7.11 Å². The summed E-state index contributed by atoms with van der Waals surface area (Å²) < 4.78 is 11.5. The molecule has 2 fully saturated rings. The van der Waals surface area contributed by atoms with Crippen LogP contribution < -0.4 is 14.8 Å². The number of methoxy groups -OCH3 is 1. The lowest BCUT2D eigenvalue weighted by atomic mass is 9.99. The highest BCUT2D eigenvalue weighted by molar-refractivity contribution is 5.78. The van der Waals surface area contributed by atoms with Gasteiger partial charge in [-0.3, -0.25) is 9.69 Å². The summed E-state index contributed by atoms with van der Waals surface area (Å²) in [5, 5.41) is 2.96. The summed E-state index contributed by atoms with van der Waals surface area (Å²) in [4.78, 5) is 14.0. The summed E-state index contributed by atoms with van der Waals surface area (Å²) in [7, 11) is 1.65. The third-order valence-corrected chi connectivity index (χ3v) is 6.10. The van der Waals surface area contributed by atoms with E-state index >= 15 is 0 Å². The molecule has 1 unspecified atom stereocenters. The standard InChI is InChI=1S/C25H31N2O3/c1-18-13-19(5-6-21(18)16-27-11-3-4-12-27)14-20-7-9-23(29-2)15-24(20)30-17-22-8-10-25(28)26-22/h5-6,9,13,15,22H,3-4,8,10-12,14,16-17H2,1-2H3,(H,26,28). The lowest BCUT2D eigenvalue weighted by molar-refractivity contribution is -0.119. The van der Waals surface area contributed by atoms with Gasteiger partial charge in [0.1, 0.15) is 18.1 Å². The highest BCUT2D eigenvalue weighted by Gasteiger charge is 2.22. The largest absolute Gasteiger partial charge is 0.497 e. The normalized spacial score (nSPS) is 19.1. The van der Waals surface area contributed by atoms with Crippen LogP contribution in [-0.2, 0) is 17.8 Å². The smallest absolute Gasteiger partial charge is 0.220 e. The molecule has 1 atom stereocenters. The molecule has 2 aliphatic heterocycles. The van der Waals surface area contributed by atoms with Crippen molar-refractivity contribution >= 4 is 5.91 Å². The van der Waals surface area contributed by atoms with Crippen LogP contribution in [0, 0.1) is 13.0 Å². The van der Waals surface area contributed by atoms with Crippen LogP contribution in [0.25, 0.3) is 0 Å². The molecule has 2 aromatic carbocycles. The van der Waals surface area contributed by atoms with E-state index in [4.69, 9.17) is 9.47 Å². The average molecular weight is 408 g/mol. The molecule has 2 aliphatic rings. The number of carbonyl (C=O) groups excluding carboxylic acids is 1. The van der Waals surface area contributed by atoms with Crippen molar-refractivity contribution in [2.75, 3.05) is 26.8 Å². The number of ether oxygens (including phenoxy) is 2. The minimum Gasteiger partial charge on any atom is -0.497 e. The lowest BCUT2D eigenvalue weighted by Crippen LogP contribution is -2.31. The van der Waals surface area contributed by atoms with Gasteiger partial charge >= 0.3 is 0 Å². The molecule has 5 nitrogen and oxygen atoms in total. The van der Waals surface area contributed by atoms with Crippen molar-refractivity contribution in [2.45, 2.75) is 51.6 Å². The van der Waals surface area contributed by atoms with Gasteiger partial charge in [-0.2, -0.15) is 0 Å². The Morgan fingerprint density at radius 2 is 2.07 bits per heavy atom. The van der Waals surface area contributed by atoms with Gasteiger partial charge in [-0.1, -0.05) is 18.2 Å². The van der Waals surface area contributed by atoms with Gasteiger partial charge in [0, 0.05) is 31.0 Å². The van der Waals surface area contributed by atoms with Gasteiger partial charge in [-0.15, -0.1) is 0 Å². The Morgan fingerprint density at radius 1 is 1.23 bits per heavy atom. The molecular weight excluding hydrogens is 376 g/mol. The molecule has 2 aromatic rings. The minimum atomic E-state index is 0.0728. The number of carbonyl (C=O) groups is 1. The molecule has 0 aromatic heterocycles. The average Bonchev–Trinajstić information content (AvgIpc) is 3.41. The molecule has 159 valence electrons. The van der Waals surface area contributed by atoms with Crippen molar-refractivity contribution < 1.29 is 14.3 Å². The molecule has 0 saturated carbocycles. The summed E-state index contributed by atoms with van der Waals surface area (Å²) in [6, 6.07) is 13.9. The molecule has 0 bridgehead atoms. The summed E-state index contributed by atoms with van der Waals surface area (Å²) in [6.45, 7) is 6.14. The summed E-state index contributed by atoms with van der Waals surface area (Å²) in [6.07, 6.45) is 4.78.